The summed E-state index contributed by atoms with van der Waals surface area (Å²) in [7, 11) is 0. The second kappa shape index (κ2) is 10.5. The monoisotopic (exact) mass is 444 g/mol. The third-order valence-corrected chi connectivity index (χ3v) is 4.55. The minimum absolute atomic E-state index is 0.200. The van der Waals surface area contributed by atoms with Crippen LogP contribution in [-0.4, -0.2) is 25.7 Å². The average molecular weight is 446 g/mol. The molecule has 0 aliphatic heterocycles. The number of hydrogen-bond acceptors (Lipinski definition) is 2. The second-order valence-corrected chi connectivity index (χ2v) is 7.03. The maximum atomic E-state index is 11.7. The number of nitrogens with one attached hydrogen (secondary N) is 2. The van der Waals surface area contributed by atoms with E-state index in [0.29, 0.717) is 48.3 Å². The van der Waals surface area contributed by atoms with E-state index in [1.165, 1.54) is 0 Å². The minimum Gasteiger partial charge on any atom is -0.492 e. The fourth-order valence-electron chi connectivity index (χ4n) is 2.12. The number of ether oxygens (including phenoxy) is 1. The van der Waals surface area contributed by atoms with Crippen molar-refractivity contribution in [3.8, 4) is 5.75 Å². The lowest BCUT2D eigenvalue weighted by atomic mass is 10.1. The maximum Gasteiger partial charge on any atom is 0.314 e. The highest BCUT2D eigenvalue weighted by atomic mass is 79.9. The fourth-order valence-corrected chi connectivity index (χ4v) is 3.08. The van der Waals surface area contributed by atoms with Gasteiger partial charge in [-0.2, -0.15) is 0 Å². The van der Waals surface area contributed by atoms with E-state index in [-0.39, 0.29) is 6.03 Å². The number of halogens is 3. The first-order valence-corrected chi connectivity index (χ1v) is 9.44. The summed E-state index contributed by atoms with van der Waals surface area (Å²) in [5.41, 5.74) is 1.02. The first-order valence-electron chi connectivity index (χ1n) is 7.89. The highest BCUT2D eigenvalue weighted by molar-refractivity contribution is 9.10. The molecular weight excluding hydrogens is 427 g/mol. The molecule has 0 unspecified atom stereocenters. The van der Waals surface area contributed by atoms with Crippen molar-refractivity contribution in [3.63, 3.8) is 0 Å². The molecule has 2 amide bonds. The van der Waals surface area contributed by atoms with Crippen LogP contribution >= 0.6 is 39.1 Å². The molecule has 0 spiro atoms. The quantitative estimate of drug-likeness (QED) is 0.557. The molecule has 0 aliphatic rings. The Morgan fingerprint density at radius 3 is 2.56 bits per heavy atom. The summed E-state index contributed by atoms with van der Waals surface area (Å²) >= 11 is 15.5. The number of urea groups is 1. The Kier molecular flexibility index (Phi) is 8.38. The topological polar surface area (TPSA) is 50.4 Å². The Balaban J connectivity index is 1.57. The average Bonchev–Trinajstić information content (AvgIpc) is 2.58. The van der Waals surface area contributed by atoms with E-state index < -0.39 is 0 Å². The van der Waals surface area contributed by atoms with Gasteiger partial charge in [0.2, 0.25) is 0 Å². The van der Waals surface area contributed by atoms with Gasteiger partial charge in [0, 0.05) is 22.6 Å². The van der Waals surface area contributed by atoms with Gasteiger partial charge in [-0.25, -0.2) is 4.79 Å². The van der Waals surface area contributed by atoms with E-state index >= 15 is 0 Å². The highest BCUT2D eigenvalue weighted by Crippen LogP contribution is 2.27. The normalized spacial score (nSPS) is 10.4. The zero-order valence-corrected chi connectivity index (χ0v) is 16.6. The minimum atomic E-state index is -0.200. The lowest BCUT2D eigenvalue weighted by Crippen LogP contribution is -2.37. The molecule has 0 heterocycles. The Morgan fingerprint density at radius 1 is 1.04 bits per heavy atom. The standard InChI is InChI=1S/C18H19BrCl2N2O2/c19-14-6-7-17(16(21)12-14)25-11-3-9-22-18(24)23-10-8-13-4-1-2-5-15(13)20/h1-2,4-7,12H,3,8-11H2,(H2,22,23,24). The predicted molar refractivity (Wildman–Crippen MR) is 106 cm³/mol. The third-order valence-electron chi connectivity index (χ3n) is 3.40. The van der Waals surface area contributed by atoms with Crippen LogP contribution in [0.1, 0.15) is 12.0 Å². The van der Waals surface area contributed by atoms with Crippen LogP contribution in [0, 0.1) is 0 Å². The zero-order chi connectivity index (χ0) is 18.1. The number of amides is 2. The van der Waals surface area contributed by atoms with Gasteiger partial charge in [0.25, 0.3) is 0 Å². The molecule has 2 aromatic carbocycles. The first-order chi connectivity index (χ1) is 12.1. The number of carbonyl (C=O) groups is 1. The Morgan fingerprint density at radius 2 is 1.80 bits per heavy atom. The van der Waals surface area contributed by atoms with Crippen LogP contribution in [0.2, 0.25) is 10.0 Å². The molecule has 134 valence electrons. The molecule has 0 atom stereocenters. The number of rotatable bonds is 8. The van der Waals surface area contributed by atoms with E-state index in [1.54, 1.807) is 12.1 Å². The van der Waals surface area contributed by atoms with E-state index in [9.17, 15) is 4.79 Å². The molecule has 0 bridgehead atoms. The van der Waals surface area contributed by atoms with Crippen molar-refractivity contribution in [3.05, 3.63) is 62.5 Å². The summed E-state index contributed by atoms with van der Waals surface area (Å²) in [5.74, 6) is 0.633. The van der Waals surface area contributed by atoms with Gasteiger partial charge in [-0.3, -0.25) is 0 Å². The summed E-state index contributed by atoms with van der Waals surface area (Å²) < 4.78 is 6.49. The predicted octanol–water partition coefficient (Wildman–Crippen LogP) is 5.07. The molecule has 25 heavy (non-hydrogen) atoms. The lowest BCUT2D eigenvalue weighted by molar-refractivity contribution is 0.239. The van der Waals surface area contributed by atoms with Crippen molar-refractivity contribution in [2.45, 2.75) is 12.8 Å². The van der Waals surface area contributed by atoms with Gasteiger partial charge in [0.15, 0.2) is 0 Å². The fraction of sp³-hybridized carbons (Fsp3) is 0.278. The van der Waals surface area contributed by atoms with Crippen molar-refractivity contribution < 1.29 is 9.53 Å². The van der Waals surface area contributed by atoms with Crippen LogP contribution in [0.5, 0.6) is 5.75 Å². The summed E-state index contributed by atoms with van der Waals surface area (Å²) in [6, 6.07) is 12.9. The molecule has 2 aromatic rings. The smallest absolute Gasteiger partial charge is 0.314 e. The molecule has 2 N–H and O–H groups in total. The van der Waals surface area contributed by atoms with Crippen LogP contribution < -0.4 is 15.4 Å². The zero-order valence-electron chi connectivity index (χ0n) is 13.5. The van der Waals surface area contributed by atoms with Gasteiger partial charge < -0.3 is 15.4 Å². The van der Waals surface area contributed by atoms with Crippen molar-refractivity contribution in [1.82, 2.24) is 10.6 Å². The molecule has 0 radical (unpaired) electrons. The molecule has 0 saturated carbocycles. The van der Waals surface area contributed by atoms with Crippen molar-refractivity contribution >= 4 is 45.2 Å². The van der Waals surface area contributed by atoms with Gasteiger partial charge >= 0.3 is 6.03 Å². The van der Waals surface area contributed by atoms with E-state index in [4.69, 9.17) is 27.9 Å². The lowest BCUT2D eigenvalue weighted by Gasteiger charge is -2.10. The third kappa shape index (κ3) is 7.14. The van der Waals surface area contributed by atoms with Crippen LogP contribution in [0.15, 0.2) is 46.9 Å². The van der Waals surface area contributed by atoms with Crippen LogP contribution in [0.25, 0.3) is 0 Å². The first kappa shape index (κ1) is 19.9. The molecule has 0 aliphatic carbocycles. The number of hydrogen-bond donors (Lipinski definition) is 2. The summed E-state index contributed by atoms with van der Waals surface area (Å²) in [6.07, 6.45) is 1.38. The molecular formula is C18H19BrCl2N2O2. The van der Waals surface area contributed by atoms with Crippen molar-refractivity contribution in [1.29, 1.82) is 0 Å². The molecule has 0 saturated heterocycles. The van der Waals surface area contributed by atoms with Gasteiger partial charge in [0.05, 0.1) is 11.6 Å². The molecule has 7 heteroatoms. The Bertz CT molecular complexity index is 713. The Labute approximate surface area is 166 Å². The maximum absolute atomic E-state index is 11.7. The van der Waals surface area contributed by atoms with E-state index in [1.807, 2.05) is 30.3 Å². The summed E-state index contributed by atoms with van der Waals surface area (Å²) in [4.78, 5) is 11.7. The van der Waals surface area contributed by atoms with Gasteiger partial charge in [-0.15, -0.1) is 0 Å². The number of carbonyl (C=O) groups excluding carboxylic acids is 1. The molecule has 2 rings (SSSR count). The van der Waals surface area contributed by atoms with Crippen molar-refractivity contribution in [2.75, 3.05) is 19.7 Å². The van der Waals surface area contributed by atoms with Gasteiger partial charge in [-0.1, -0.05) is 57.3 Å². The molecule has 4 nitrogen and oxygen atoms in total. The van der Waals surface area contributed by atoms with Gasteiger partial charge in [0.1, 0.15) is 5.75 Å². The largest absolute Gasteiger partial charge is 0.492 e. The van der Waals surface area contributed by atoms with E-state index in [2.05, 4.69) is 26.6 Å². The van der Waals surface area contributed by atoms with E-state index in [0.717, 1.165) is 10.0 Å². The summed E-state index contributed by atoms with van der Waals surface area (Å²) in [5, 5.41) is 6.87. The SMILES string of the molecule is O=C(NCCCOc1ccc(Br)cc1Cl)NCCc1ccccc1Cl. The summed E-state index contributed by atoms with van der Waals surface area (Å²) in [6.45, 7) is 1.52. The second-order valence-electron chi connectivity index (χ2n) is 5.30. The molecule has 0 fully saturated rings. The Hall–Kier alpha value is -1.43. The number of benzene rings is 2. The highest BCUT2D eigenvalue weighted by Gasteiger charge is 2.04. The van der Waals surface area contributed by atoms with Crippen molar-refractivity contribution in [2.24, 2.45) is 0 Å². The van der Waals surface area contributed by atoms with Crippen LogP contribution in [0.4, 0.5) is 4.79 Å². The van der Waals surface area contributed by atoms with Gasteiger partial charge in [-0.05, 0) is 42.7 Å². The van der Waals surface area contributed by atoms with Crippen LogP contribution in [-0.2, 0) is 6.42 Å². The molecule has 0 aromatic heterocycles. The van der Waals surface area contributed by atoms with Crippen LogP contribution in [0.3, 0.4) is 0 Å².